The fourth-order valence-corrected chi connectivity index (χ4v) is 2.49. The van der Waals surface area contributed by atoms with Gasteiger partial charge in [0.1, 0.15) is 11.4 Å². The van der Waals surface area contributed by atoms with E-state index in [-0.39, 0.29) is 5.97 Å². The largest absolute Gasteiger partial charge is 0.497 e. The number of rotatable bonds is 4. The third kappa shape index (κ3) is 2.55. The molecular formula is C18H17NO3. The number of aromatic amines is 1. The van der Waals surface area contributed by atoms with E-state index in [1.165, 1.54) is 0 Å². The molecule has 4 nitrogen and oxygen atoms in total. The Kier molecular flexibility index (Phi) is 3.83. The van der Waals surface area contributed by atoms with Crippen LogP contribution in [0, 0.1) is 0 Å². The Hall–Kier alpha value is -2.75. The number of aromatic nitrogens is 1. The van der Waals surface area contributed by atoms with Crippen molar-refractivity contribution >= 4 is 16.9 Å². The highest BCUT2D eigenvalue weighted by Crippen LogP contribution is 2.30. The summed E-state index contributed by atoms with van der Waals surface area (Å²) in [5, 5.41) is 0.983. The van der Waals surface area contributed by atoms with Gasteiger partial charge in [0, 0.05) is 10.9 Å². The number of ether oxygens (including phenoxy) is 2. The number of esters is 1. The zero-order chi connectivity index (χ0) is 15.5. The van der Waals surface area contributed by atoms with Gasteiger partial charge < -0.3 is 14.5 Å². The maximum Gasteiger partial charge on any atom is 0.354 e. The van der Waals surface area contributed by atoms with Crippen LogP contribution in [0.3, 0.4) is 0 Å². The van der Waals surface area contributed by atoms with E-state index in [0.717, 1.165) is 27.8 Å². The lowest BCUT2D eigenvalue weighted by Gasteiger charge is -2.05. The van der Waals surface area contributed by atoms with Crippen LogP contribution in [-0.2, 0) is 4.74 Å². The Morgan fingerprint density at radius 1 is 1.14 bits per heavy atom. The van der Waals surface area contributed by atoms with Gasteiger partial charge in [-0.05, 0) is 30.7 Å². The molecule has 1 aromatic heterocycles. The molecule has 0 saturated heterocycles. The Morgan fingerprint density at radius 2 is 1.91 bits per heavy atom. The first-order chi connectivity index (χ1) is 10.7. The molecule has 0 fully saturated rings. The van der Waals surface area contributed by atoms with Crippen molar-refractivity contribution < 1.29 is 14.3 Å². The summed E-state index contributed by atoms with van der Waals surface area (Å²) in [6, 6.07) is 15.6. The second kappa shape index (κ2) is 5.93. The number of para-hydroxylation sites is 1. The molecule has 0 amide bonds. The van der Waals surface area contributed by atoms with E-state index in [9.17, 15) is 4.79 Å². The van der Waals surface area contributed by atoms with Crippen molar-refractivity contribution in [1.29, 1.82) is 0 Å². The van der Waals surface area contributed by atoms with E-state index < -0.39 is 0 Å². The standard InChI is InChI=1S/C18H17NO3/c1-3-22-18(20)16-11-13-5-4-6-15(17(13)19-16)12-7-9-14(21-2)10-8-12/h4-11,19H,3H2,1-2H3. The van der Waals surface area contributed by atoms with Crippen LogP contribution in [-0.4, -0.2) is 24.7 Å². The zero-order valence-electron chi connectivity index (χ0n) is 12.6. The van der Waals surface area contributed by atoms with Crippen LogP contribution in [0.15, 0.2) is 48.5 Å². The Labute approximate surface area is 128 Å². The van der Waals surface area contributed by atoms with Gasteiger partial charge in [0.25, 0.3) is 0 Å². The molecule has 0 radical (unpaired) electrons. The molecule has 1 heterocycles. The van der Waals surface area contributed by atoms with Crippen molar-refractivity contribution in [2.24, 2.45) is 0 Å². The molecule has 2 aromatic carbocycles. The normalized spacial score (nSPS) is 10.6. The number of hydrogen-bond acceptors (Lipinski definition) is 3. The number of fused-ring (bicyclic) bond motifs is 1. The van der Waals surface area contributed by atoms with Crippen LogP contribution in [0.2, 0.25) is 0 Å². The summed E-state index contributed by atoms with van der Waals surface area (Å²) in [4.78, 5) is 15.0. The lowest BCUT2D eigenvalue weighted by Crippen LogP contribution is -2.04. The van der Waals surface area contributed by atoms with Crippen molar-refractivity contribution in [3.8, 4) is 16.9 Å². The molecule has 0 saturated carbocycles. The van der Waals surface area contributed by atoms with Gasteiger partial charge in [0.2, 0.25) is 0 Å². The number of methoxy groups -OCH3 is 1. The van der Waals surface area contributed by atoms with Crippen LogP contribution in [0.4, 0.5) is 0 Å². The highest BCUT2D eigenvalue weighted by atomic mass is 16.5. The third-order valence-corrected chi connectivity index (χ3v) is 3.55. The lowest BCUT2D eigenvalue weighted by molar-refractivity contribution is 0.0520. The molecular weight excluding hydrogens is 278 g/mol. The number of carbonyl (C=O) groups is 1. The molecule has 112 valence electrons. The van der Waals surface area contributed by atoms with Crippen molar-refractivity contribution in [2.45, 2.75) is 6.92 Å². The first-order valence-electron chi connectivity index (χ1n) is 7.16. The predicted molar refractivity (Wildman–Crippen MR) is 86.2 cm³/mol. The van der Waals surface area contributed by atoms with Crippen molar-refractivity contribution in [3.63, 3.8) is 0 Å². The molecule has 22 heavy (non-hydrogen) atoms. The lowest BCUT2D eigenvalue weighted by atomic mass is 10.0. The summed E-state index contributed by atoms with van der Waals surface area (Å²) in [7, 11) is 1.65. The minimum absolute atomic E-state index is 0.334. The minimum atomic E-state index is -0.334. The second-order valence-corrected chi connectivity index (χ2v) is 4.90. The molecule has 0 bridgehead atoms. The average Bonchev–Trinajstić information content (AvgIpc) is 2.99. The van der Waals surface area contributed by atoms with E-state index >= 15 is 0 Å². The molecule has 1 N–H and O–H groups in total. The fourth-order valence-electron chi connectivity index (χ4n) is 2.49. The highest BCUT2D eigenvalue weighted by Gasteiger charge is 2.13. The van der Waals surface area contributed by atoms with E-state index in [1.807, 2.05) is 48.5 Å². The van der Waals surface area contributed by atoms with Gasteiger partial charge in [-0.2, -0.15) is 0 Å². The summed E-state index contributed by atoms with van der Waals surface area (Å²) in [6.45, 7) is 2.16. The van der Waals surface area contributed by atoms with E-state index in [2.05, 4.69) is 4.98 Å². The quantitative estimate of drug-likeness (QED) is 0.740. The highest BCUT2D eigenvalue weighted by molar-refractivity contribution is 6.00. The maximum absolute atomic E-state index is 11.9. The molecule has 0 unspecified atom stereocenters. The smallest absolute Gasteiger partial charge is 0.354 e. The number of hydrogen-bond donors (Lipinski definition) is 1. The van der Waals surface area contributed by atoms with Crippen molar-refractivity contribution in [2.75, 3.05) is 13.7 Å². The predicted octanol–water partition coefficient (Wildman–Crippen LogP) is 4.02. The molecule has 0 aliphatic carbocycles. The Morgan fingerprint density at radius 3 is 2.59 bits per heavy atom. The van der Waals surface area contributed by atoms with E-state index in [1.54, 1.807) is 14.0 Å². The number of nitrogens with one attached hydrogen (secondary N) is 1. The van der Waals surface area contributed by atoms with E-state index in [0.29, 0.717) is 12.3 Å². The topological polar surface area (TPSA) is 51.3 Å². The molecule has 0 aliphatic rings. The number of H-pyrrole nitrogens is 1. The minimum Gasteiger partial charge on any atom is -0.497 e. The van der Waals surface area contributed by atoms with Crippen LogP contribution >= 0.6 is 0 Å². The first kappa shape index (κ1) is 14.2. The number of benzene rings is 2. The molecule has 3 aromatic rings. The monoisotopic (exact) mass is 295 g/mol. The van der Waals surface area contributed by atoms with Crippen molar-refractivity contribution in [3.05, 3.63) is 54.2 Å². The molecule has 0 aliphatic heterocycles. The SMILES string of the molecule is CCOC(=O)c1cc2cccc(-c3ccc(OC)cc3)c2[nH]1. The number of carbonyl (C=O) groups excluding carboxylic acids is 1. The zero-order valence-corrected chi connectivity index (χ0v) is 12.6. The first-order valence-corrected chi connectivity index (χ1v) is 7.16. The molecule has 0 atom stereocenters. The summed E-state index contributed by atoms with van der Waals surface area (Å²) in [6.07, 6.45) is 0. The van der Waals surface area contributed by atoms with Gasteiger partial charge in [0.05, 0.1) is 19.2 Å². The Balaban J connectivity index is 2.07. The van der Waals surface area contributed by atoms with Gasteiger partial charge in [-0.1, -0.05) is 30.3 Å². The maximum atomic E-state index is 11.9. The summed E-state index contributed by atoms with van der Waals surface area (Å²) < 4.78 is 10.2. The molecule has 4 heteroatoms. The second-order valence-electron chi connectivity index (χ2n) is 4.90. The van der Waals surface area contributed by atoms with Crippen LogP contribution in [0.5, 0.6) is 5.75 Å². The Bertz CT molecular complexity index is 803. The summed E-state index contributed by atoms with van der Waals surface area (Å²) in [5.41, 5.74) is 3.49. The third-order valence-electron chi connectivity index (χ3n) is 3.55. The molecule has 0 spiro atoms. The van der Waals surface area contributed by atoms with Crippen LogP contribution < -0.4 is 4.74 Å². The van der Waals surface area contributed by atoms with Gasteiger partial charge in [-0.3, -0.25) is 0 Å². The van der Waals surface area contributed by atoms with Gasteiger partial charge in [-0.15, -0.1) is 0 Å². The molecule has 3 rings (SSSR count). The van der Waals surface area contributed by atoms with Gasteiger partial charge in [0.15, 0.2) is 0 Å². The van der Waals surface area contributed by atoms with Crippen LogP contribution in [0.25, 0.3) is 22.0 Å². The van der Waals surface area contributed by atoms with Crippen molar-refractivity contribution in [1.82, 2.24) is 4.98 Å². The average molecular weight is 295 g/mol. The van der Waals surface area contributed by atoms with Gasteiger partial charge >= 0.3 is 5.97 Å². The van der Waals surface area contributed by atoms with E-state index in [4.69, 9.17) is 9.47 Å². The summed E-state index contributed by atoms with van der Waals surface area (Å²) in [5.74, 6) is 0.481. The van der Waals surface area contributed by atoms with Gasteiger partial charge in [-0.25, -0.2) is 4.79 Å². The van der Waals surface area contributed by atoms with Crippen LogP contribution in [0.1, 0.15) is 17.4 Å². The summed E-state index contributed by atoms with van der Waals surface area (Å²) >= 11 is 0. The fraction of sp³-hybridized carbons (Fsp3) is 0.167.